The third kappa shape index (κ3) is 5.44. The predicted molar refractivity (Wildman–Crippen MR) is 134 cm³/mol. The van der Waals surface area contributed by atoms with Crippen molar-refractivity contribution < 1.29 is 18.7 Å². The molecule has 1 fully saturated rings. The zero-order chi connectivity index (χ0) is 24.1. The van der Waals surface area contributed by atoms with Crippen LogP contribution in [-0.2, 0) is 4.74 Å². The van der Waals surface area contributed by atoms with E-state index in [0.29, 0.717) is 52.3 Å². The zero-order valence-electron chi connectivity index (χ0n) is 19.3. The molecule has 10 heteroatoms. The van der Waals surface area contributed by atoms with Crippen LogP contribution in [-0.4, -0.2) is 73.2 Å². The van der Waals surface area contributed by atoms with E-state index in [1.165, 1.54) is 30.6 Å². The lowest BCUT2D eigenvalue weighted by atomic mass is 10.1. The van der Waals surface area contributed by atoms with E-state index in [-0.39, 0.29) is 11.7 Å². The quantitative estimate of drug-likeness (QED) is 0.483. The molecule has 178 valence electrons. The third-order valence-corrected chi connectivity index (χ3v) is 7.32. The average molecular weight is 493 g/mol. The van der Waals surface area contributed by atoms with Crippen LogP contribution in [0.3, 0.4) is 0 Å². The van der Waals surface area contributed by atoms with Crippen LogP contribution in [0.5, 0.6) is 0 Å². The van der Waals surface area contributed by atoms with E-state index in [1.807, 2.05) is 18.7 Å². The molecular weight excluding hydrogens is 463 g/mol. The smallest absolute Gasteiger partial charge is 0.341 e. The van der Waals surface area contributed by atoms with E-state index in [1.54, 1.807) is 24.0 Å². The predicted octanol–water partition coefficient (Wildman–Crippen LogP) is 3.98. The Kier molecular flexibility index (Phi) is 8.25. The molecule has 0 bridgehead atoms. The van der Waals surface area contributed by atoms with Gasteiger partial charge in [0.2, 0.25) is 0 Å². The highest BCUT2D eigenvalue weighted by Gasteiger charge is 2.28. The largest absolute Gasteiger partial charge is 0.465 e. The number of benzene rings is 1. The molecule has 7 nitrogen and oxygen atoms in total. The fourth-order valence-corrected chi connectivity index (χ4v) is 5.31. The van der Waals surface area contributed by atoms with E-state index in [0.717, 1.165) is 18.8 Å². The molecule has 0 unspecified atom stereocenters. The van der Waals surface area contributed by atoms with Crippen molar-refractivity contribution in [1.82, 2.24) is 9.80 Å². The number of ether oxygens (including phenoxy) is 1. The van der Waals surface area contributed by atoms with Gasteiger partial charge in [-0.1, -0.05) is 0 Å². The number of rotatable bonds is 6. The van der Waals surface area contributed by atoms with E-state index in [9.17, 15) is 14.0 Å². The lowest BCUT2D eigenvalue weighted by Crippen LogP contribution is -2.50. The van der Waals surface area contributed by atoms with E-state index in [4.69, 9.17) is 17.0 Å². The Bertz CT molecular complexity index is 1010. The summed E-state index contributed by atoms with van der Waals surface area (Å²) < 4.78 is 18.2. The number of thiocarbonyl (C=S) groups is 1. The molecule has 0 spiro atoms. The number of carbonyl (C=O) groups excluding carboxylic acids is 2. The summed E-state index contributed by atoms with van der Waals surface area (Å²) in [6.07, 6.45) is 0. The molecule has 1 aromatic heterocycles. The number of nitrogens with one attached hydrogen (secondary N) is 1. The summed E-state index contributed by atoms with van der Waals surface area (Å²) >= 11 is 6.86. The van der Waals surface area contributed by atoms with Crippen molar-refractivity contribution in [2.45, 2.75) is 20.8 Å². The van der Waals surface area contributed by atoms with Crippen LogP contribution in [0, 0.1) is 12.7 Å². The Morgan fingerprint density at radius 1 is 1.15 bits per heavy atom. The molecule has 1 aliphatic heterocycles. The summed E-state index contributed by atoms with van der Waals surface area (Å²) in [6.45, 7) is 9.57. The first kappa shape index (κ1) is 24.9. The second-order valence-electron chi connectivity index (χ2n) is 7.61. The fraction of sp³-hybridized carbons (Fsp3) is 0.435. The number of hydrogen-bond donors (Lipinski definition) is 1. The highest BCUT2D eigenvalue weighted by molar-refractivity contribution is 7.80. The van der Waals surface area contributed by atoms with Gasteiger partial charge in [0.05, 0.1) is 17.6 Å². The molecule has 2 aromatic rings. The number of piperazine rings is 1. The van der Waals surface area contributed by atoms with Gasteiger partial charge in [-0.3, -0.25) is 4.79 Å². The summed E-state index contributed by atoms with van der Waals surface area (Å²) in [6, 6.07) is 6.46. The number of carbonyl (C=O) groups is 2. The lowest BCUT2D eigenvalue weighted by Gasteiger charge is -2.37. The lowest BCUT2D eigenvalue weighted by molar-refractivity contribution is 0.0601. The van der Waals surface area contributed by atoms with Crippen LogP contribution in [0.4, 0.5) is 15.1 Å². The highest BCUT2D eigenvalue weighted by Crippen LogP contribution is 2.35. The summed E-state index contributed by atoms with van der Waals surface area (Å²) in [5.74, 6) is -0.873. The number of nitrogens with zero attached hydrogens (tertiary/aromatic N) is 3. The minimum atomic E-state index is -0.506. The van der Waals surface area contributed by atoms with Gasteiger partial charge < -0.3 is 24.8 Å². The SMILES string of the molecule is CCN(CC)C(=O)c1sc(NC(=S)N2CCN(c3ccc(F)cc3)CC2)c(C(=O)OC)c1C. The number of anilines is 2. The molecule has 1 aromatic carbocycles. The van der Waals surface area contributed by atoms with Crippen LogP contribution in [0.2, 0.25) is 0 Å². The number of methoxy groups -OCH3 is 1. The maximum Gasteiger partial charge on any atom is 0.341 e. The van der Waals surface area contributed by atoms with Gasteiger partial charge in [-0.25, -0.2) is 9.18 Å². The Labute approximate surface area is 203 Å². The summed E-state index contributed by atoms with van der Waals surface area (Å²) in [5.41, 5.74) is 1.90. The molecule has 0 saturated carbocycles. The van der Waals surface area contributed by atoms with Crippen molar-refractivity contribution in [3.63, 3.8) is 0 Å². The number of halogens is 1. The Morgan fingerprint density at radius 2 is 1.76 bits per heavy atom. The second-order valence-corrected chi connectivity index (χ2v) is 9.02. The Balaban J connectivity index is 1.74. The van der Waals surface area contributed by atoms with Gasteiger partial charge in [0, 0.05) is 45.0 Å². The second kappa shape index (κ2) is 10.9. The first-order valence-corrected chi connectivity index (χ1v) is 12.1. The summed E-state index contributed by atoms with van der Waals surface area (Å²) in [5, 5.41) is 4.19. The summed E-state index contributed by atoms with van der Waals surface area (Å²) in [7, 11) is 1.32. The zero-order valence-corrected chi connectivity index (χ0v) is 20.9. The van der Waals surface area contributed by atoms with Crippen molar-refractivity contribution in [2.24, 2.45) is 0 Å². The maximum atomic E-state index is 13.2. The van der Waals surface area contributed by atoms with Gasteiger partial charge in [0.25, 0.3) is 5.91 Å². The first-order valence-electron chi connectivity index (χ1n) is 10.9. The average Bonchev–Trinajstić information content (AvgIpc) is 3.15. The number of hydrogen-bond acceptors (Lipinski definition) is 6. The topological polar surface area (TPSA) is 65.1 Å². The minimum absolute atomic E-state index is 0.112. The maximum absolute atomic E-state index is 13.2. The molecular formula is C23H29FN4O3S2. The number of thiophene rings is 1. The van der Waals surface area contributed by atoms with E-state index in [2.05, 4.69) is 10.2 Å². The summed E-state index contributed by atoms with van der Waals surface area (Å²) in [4.78, 5) is 31.9. The number of amides is 1. The first-order chi connectivity index (χ1) is 15.8. The normalized spacial score (nSPS) is 13.6. The van der Waals surface area contributed by atoms with Crippen molar-refractivity contribution in [3.05, 3.63) is 46.1 Å². The van der Waals surface area contributed by atoms with Gasteiger partial charge in [0.15, 0.2) is 5.11 Å². The minimum Gasteiger partial charge on any atom is -0.465 e. The standard InChI is InChI=1S/C23H29FN4O3S2/c1-5-26(6-2)21(29)19-15(3)18(22(30)31-4)20(33-19)25-23(32)28-13-11-27(12-14-28)17-9-7-16(24)8-10-17/h7-10H,5-6,11-14H2,1-4H3,(H,25,32). The van der Waals surface area contributed by atoms with Crippen LogP contribution in [0.25, 0.3) is 0 Å². The van der Waals surface area contributed by atoms with Crippen molar-refractivity contribution in [2.75, 3.05) is 56.6 Å². The molecule has 33 heavy (non-hydrogen) atoms. The number of esters is 1. The van der Waals surface area contributed by atoms with Crippen LogP contribution >= 0.6 is 23.6 Å². The van der Waals surface area contributed by atoms with Crippen LogP contribution in [0.15, 0.2) is 24.3 Å². The molecule has 2 heterocycles. The molecule has 3 rings (SSSR count). The van der Waals surface area contributed by atoms with Crippen LogP contribution in [0.1, 0.15) is 39.4 Å². The monoisotopic (exact) mass is 492 g/mol. The van der Waals surface area contributed by atoms with Crippen LogP contribution < -0.4 is 10.2 Å². The fourth-order valence-electron chi connectivity index (χ4n) is 3.80. The molecule has 0 atom stereocenters. The van der Waals surface area contributed by atoms with Crippen molar-refractivity contribution in [1.29, 1.82) is 0 Å². The molecule has 1 amide bonds. The van der Waals surface area contributed by atoms with Crippen molar-refractivity contribution >= 4 is 51.2 Å². The van der Waals surface area contributed by atoms with E-state index >= 15 is 0 Å². The van der Waals surface area contributed by atoms with Gasteiger partial charge in [-0.05, 0) is 62.8 Å². The molecule has 1 aliphatic rings. The molecule has 1 saturated heterocycles. The third-order valence-electron chi connectivity index (χ3n) is 5.76. The van der Waals surface area contributed by atoms with Gasteiger partial charge in [0.1, 0.15) is 10.8 Å². The molecule has 0 radical (unpaired) electrons. The van der Waals surface area contributed by atoms with E-state index < -0.39 is 5.97 Å². The Hall–Kier alpha value is -2.72. The molecule has 0 aliphatic carbocycles. The highest BCUT2D eigenvalue weighted by atomic mass is 32.1. The molecule has 1 N–H and O–H groups in total. The van der Waals surface area contributed by atoms with Gasteiger partial charge in [-0.15, -0.1) is 11.3 Å². The van der Waals surface area contributed by atoms with Crippen molar-refractivity contribution in [3.8, 4) is 0 Å². The van der Waals surface area contributed by atoms with Gasteiger partial charge in [-0.2, -0.15) is 0 Å². The Morgan fingerprint density at radius 3 is 2.30 bits per heavy atom. The van der Waals surface area contributed by atoms with Gasteiger partial charge >= 0.3 is 5.97 Å².